The number of hydrogen-bond donors (Lipinski definition) is 1. The van der Waals surface area contributed by atoms with Crippen molar-refractivity contribution < 1.29 is 4.39 Å². The van der Waals surface area contributed by atoms with Gasteiger partial charge in [0.05, 0.1) is 5.69 Å². The largest absolute Gasteiger partial charge is 0.396 e. The van der Waals surface area contributed by atoms with E-state index in [0.717, 1.165) is 18.8 Å². The average molecular weight is 222 g/mol. The summed E-state index contributed by atoms with van der Waals surface area (Å²) < 4.78 is 13.3. The number of halogens is 1. The van der Waals surface area contributed by atoms with Crippen molar-refractivity contribution in [2.45, 2.75) is 26.7 Å². The Kier molecular flexibility index (Phi) is 2.78. The minimum atomic E-state index is -0.317. The molecule has 0 bridgehead atoms. The summed E-state index contributed by atoms with van der Waals surface area (Å²) in [5.74, 6) is -0.317. The Labute approximate surface area is 96.2 Å². The van der Waals surface area contributed by atoms with Gasteiger partial charge in [-0.05, 0) is 31.0 Å². The van der Waals surface area contributed by atoms with Gasteiger partial charge in [0.1, 0.15) is 5.82 Å². The van der Waals surface area contributed by atoms with Crippen LogP contribution in [0.2, 0.25) is 0 Å². The number of benzene rings is 1. The standard InChI is InChI=1S/C13H19FN2/c1-3-13(4-2)8-16(9-13)10-5-6-12(15)11(14)7-10/h5-7H,3-4,8-9,15H2,1-2H3. The van der Waals surface area contributed by atoms with Gasteiger partial charge in [-0.15, -0.1) is 0 Å². The molecular formula is C13H19FN2. The first-order valence-corrected chi connectivity index (χ1v) is 5.90. The van der Waals surface area contributed by atoms with Gasteiger partial charge >= 0.3 is 0 Å². The number of nitrogens with zero attached hydrogens (tertiary/aromatic N) is 1. The molecule has 0 spiro atoms. The van der Waals surface area contributed by atoms with E-state index in [2.05, 4.69) is 18.7 Å². The normalized spacial score (nSPS) is 18.3. The van der Waals surface area contributed by atoms with Crippen molar-refractivity contribution in [2.75, 3.05) is 23.7 Å². The van der Waals surface area contributed by atoms with Crippen LogP contribution in [0.5, 0.6) is 0 Å². The maximum absolute atomic E-state index is 13.3. The smallest absolute Gasteiger partial charge is 0.148 e. The van der Waals surface area contributed by atoms with E-state index in [0.29, 0.717) is 5.41 Å². The first-order valence-electron chi connectivity index (χ1n) is 5.90. The monoisotopic (exact) mass is 222 g/mol. The molecule has 1 heterocycles. The van der Waals surface area contributed by atoms with Gasteiger partial charge in [-0.25, -0.2) is 4.39 Å². The summed E-state index contributed by atoms with van der Waals surface area (Å²) in [7, 11) is 0. The fourth-order valence-electron chi connectivity index (χ4n) is 2.36. The zero-order chi connectivity index (χ0) is 11.8. The van der Waals surface area contributed by atoms with E-state index in [1.165, 1.54) is 18.9 Å². The van der Waals surface area contributed by atoms with Crippen LogP contribution in [-0.2, 0) is 0 Å². The van der Waals surface area contributed by atoms with Gasteiger partial charge in [0.15, 0.2) is 0 Å². The zero-order valence-electron chi connectivity index (χ0n) is 9.96. The predicted octanol–water partition coefficient (Wildman–Crippen LogP) is 3.03. The predicted molar refractivity (Wildman–Crippen MR) is 66.0 cm³/mol. The summed E-state index contributed by atoms with van der Waals surface area (Å²) in [4.78, 5) is 2.22. The lowest BCUT2D eigenvalue weighted by Gasteiger charge is -2.51. The molecule has 0 unspecified atom stereocenters. The number of anilines is 2. The van der Waals surface area contributed by atoms with Gasteiger partial charge in [0.2, 0.25) is 0 Å². The van der Waals surface area contributed by atoms with E-state index in [9.17, 15) is 4.39 Å². The molecule has 0 amide bonds. The highest BCUT2D eigenvalue weighted by molar-refractivity contribution is 5.56. The fraction of sp³-hybridized carbons (Fsp3) is 0.538. The van der Waals surface area contributed by atoms with E-state index >= 15 is 0 Å². The van der Waals surface area contributed by atoms with Crippen LogP contribution in [-0.4, -0.2) is 13.1 Å². The molecule has 16 heavy (non-hydrogen) atoms. The molecule has 1 aromatic carbocycles. The van der Waals surface area contributed by atoms with Gasteiger partial charge < -0.3 is 10.6 Å². The van der Waals surface area contributed by atoms with Gasteiger partial charge in [-0.1, -0.05) is 13.8 Å². The molecule has 0 radical (unpaired) electrons. The molecule has 0 saturated carbocycles. The van der Waals surface area contributed by atoms with Crippen LogP contribution < -0.4 is 10.6 Å². The Balaban J connectivity index is 2.09. The quantitative estimate of drug-likeness (QED) is 0.796. The SMILES string of the molecule is CCC1(CC)CN(c2ccc(N)c(F)c2)C1. The number of nitrogens with two attached hydrogens (primary N) is 1. The molecule has 0 atom stereocenters. The minimum absolute atomic E-state index is 0.224. The lowest BCUT2D eigenvalue weighted by atomic mass is 9.75. The molecule has 1 aliphatic rings. The molecule has 0 aromatic heterocycles. The Morgan fingerprint density at radius 2 is 1.94 bits per heavy atom. The molecule has 1 aliphatic heterocycles. The highest BCUT2D eigenvalue weighted by atomic mass is 19.1. The molecule has 3 heteroatoms. The Morgan fingerprint density at radius 1 is 1.31 bits per heavy atom. The topological polar surface area (TPSA) is 29.3 Å². The number of nitrogen functional groups attached to an aromatic ring is 1. The highest BCUT2D eigenvalue weighted by Crippen LogP contribution is 2.40. The number of hydrogen-bond acceptors (Lipinski definition) is 2. The van der Waals surface area contributed by atoms with Crippen LogP contribution in [0, 0.1) is 11.2 Å². The molecular weight excluding hydrogens is 203 g/mol. The lowest BCUT2D eigenvalue weighted by Crippen LogP contribution is -2.55. The summed E-state index contributed by atoms with van der Waals surface area (Å²) in [5, 5.41) is 0. The third kappa shape index (κ3) is 1.75. The van der Waals surface area contributed by atoms with Crippen molar-refractivity contribution in [3.63, 3.8) is 0 Å². The van der Waals surface area contributed by atoms with Gasteiger partial charge in [0.25, 0.3) is 0 Å². The van der Waals surface area contributed by atoms with Crippen LogP contribution in [0.3, 0.4) is 0 Å². The first kappa shape index (κ1) is 11.2. The maximum atomic E-state index is 13.3. The molecule has 0 aliphatic carbocycles. The fourth-order valence-corrected chi connectivity index (χ4v) is 2.36. The van der Waals surface area contributed by atoms with E-state index in [-0.39, 0.29) is 11.5 Å². The molecule has 2 nitrogen and oxygen atoms in total. The minimum Gasteiger partial charge on any atom is -0.396 e. The molecule has 1 aromatic rings. The van der Waals surface area contributed by atoms with E-state index < -0.39 is 0 Å². The molecule has 1 fully saturated rings. The Morgan fingerprint density at radius 3 is 2.44 bits per heavy atom. The van der Waals surface area contributed by atoms with Crippen molar-refractivity contribution in [1.29, 1.82) is 0 Å². The Bertz CT molecular complexity index is 378. The second kappa shape index (κ2) is 3.96. The first-order chi connectivity index (χ1) is 7.60. The molecule has 88 valence electrons. The highest BCUT2D eigenvalue weighted by Gasteiger charge is 2.39. The summed E-state index contributed by atoms with van der Waals surface area (Å²) in [6.07, 6.45) is 2.38. The summed E-state index contributed by atoms with van der Waals surface area (Å²) in [6.45, 7) is 6.52. The molecule has 2 rings (SSSR count). The van der Waals surface area contributed by atoms with Crippen molar-refractivity contribution in [1.82, 2.24) is 0 Å². The third-order valence-electron chi connectivity index (χ3n) is 3.90. The maximum Gasteiger partial charge on any atom is 0.148 e. The van der Waals surface area contributed by atoms with Crippen LogP contribution in [0.15, 0.2) is 18.2 Å². The van der Waals surface area contributed by atoms with E-state index in [4.69, 9.17) is 5.73 Å². The van der Waals surface area contributed by atoms with Crippen molar-refractivity contribution in [2.24, 2.45) is 5.41 Å². The van der Waals surface area contributed by atoms with E-state index in [1.54, 1.807) is 6.07 Å². The molecule has 1 saturated heterocycles. The average Bonchev–Trinajstić information content (AvgIpc) is 2.23. The number of rotatable bonds is 3. The Hall–Kier alpha value is -1.25. The van der Waals surface area contributed by atoms with Gasteiger partial charge in [-0.3, -0.25) is 0 Å². The van der Waals surface area contributed by atoms with E-state index in [1.807, 2.05) is 6.07 Å². The van der Waals surface area contributed by atoms with Gasteiger partial charge in [0, 0.05) is 24.2 Å². The molecule has 2 N–H and O–H groups in total. The lowest BCUT2D eigenvalue weighted by molar-refractivity contribution is 0.194. The van der Waals surface area contributed by atoms with Gasteiger partial charge in [-0.2, -0.15) is 0 Å². The van der Waals surface area contributed by atoms with Crippen LogP contribution >= 0.6 is 0 Å². The van der Waals surface area contributed by atoms with Crippen molar-refractivity contribution >= 4 is 11.4 Å². The summed E-state index contributed by atoms with van der Waals surface area (Å²) in [5.41, 5.74) is 7.07. The third-order valence-corrected chi connectivity index (χ3v) is 3.90. The zero-order valence-corrected chi connectivity index (χ0v) is 9.96. The van der Waals surface area contributed by atoms with Crippen molar-refractivity contribution in [3.8, 4) is 0 Å². The second-order valence-electron chi connectivity index (χ2n) is 4.77. The van der Waals surface area contributed by atoms with Crippen LogP contribution in [0.25, 0.3) is 0 Å². The van der Waals surface area contributed by atoms with Crippen LogP contribution in [0.1, 0.15) is 26.7 Å². The summed E-state index contributed by atoms with van der Waals surface area (Å²) >= 11 is 0. The van der Waals surface area contributed by atoms with Crippen molar-refractivity contribution in [3.05, 3.63) is 24.0 Å². The van der Waals surface area contributed by atoms with Crippen LogP contribution in [0.4, 0.5) is 15.8 Å². The second-order valence-corrected chi connectivity index (χ2v) is 4.77. The summed E-state index contributed by atoms with van der Waals surface area (Å²) in [6, 6.07) is 5.07.